The van der Waals surface area contributed by atoms with Gasteiger partial charge < -0.3 is 10.6 Å². The van der Waals surface area contributed by atoms with E-state index in [9.17, 15) is 0 Å². The van der Waals surface area contributed by atoms with Crippen LogP contribution in [0.2, 0.25) is 5.02 Å². The van der Waals surface area contributed by atoms with E-state index >= 15 is 0 Å². The summed E-state index contributed by atoms with van der Waals surface area (Å²) in [4.78, 5) is 9.50. The molecule has 0 unspecified atom stereocenters. The fourth-order valence-corrected chi connectivity index (χ4v) is 3.90. The van der Waals surface area contributed by atoms with Gasteiger partial charge in [-0.05, 0) is 37.5 Å². The van der Waals surface area contributed by atoms with E-state index in [0.717, 1.165) is 28.3 Å². The number of aryl methyl sites for hydroxylation is 1. The molecule has 1 aromatic heterocycles. The Labute approximate surface area is 171 Å². The van der Waals surface area contributed by atoms with Crippen molar-refractivity contribution in [2.45, 2.75) is 45.1 Å². The molecule has 1 fully saturated rings. The minimum Gasteiger partial charge on any atom is -0.351 e. The smallest absolute Gasteiger partial charge is 0.225 e. The molecule has 0 bridgehead atoms. The van der Waals surface area contributed by atoms with Gasteiger partial charge in [-0.15, -0.1) is 0 Å². The zero-order chi connectivity index (χ0) is 19.3. The molecule has 4 rings (SSSR count). The van der Waals surface area contributed by atoms with Gasteiger partial charge in [-0.2, -0.15) is 4.98 Å². The van der Waals surface area contributed by atoms with Crippen molar-refractivity contribution in [1.29, 1.82) is 0 Å². The summed E-state index contributed by atoms with van der Waals surface area (Å²) in [6.07, 6.45) is 6.19. The van der Waals surface area contributed by atoms with Crippen molar-refractivity contribution in [2.75, 3.05) is 10.6 Å². The zero-order valence-electron chi connectivity index (χ0n) is 16.1. The largest absolute Gasteiger partial charge is 0.351 e. The third-order valence-corrected chi connectivity index (χ3v) is 5.43. The quantitative estimate of drug-likeness (QED) is 0.514. The SMILES string of the molecule is Cc1ccc(Nc2cc(-c3ccccc3)nc(NC3CCCCC3)n2)c(Cl)c1. The topological polar surface area (TPSA) is 49.8 Å². The molecule has 2 N–H and O–H groups in total. The van der Waals surface area contributed by atoms with Gasteiger partial charge in [-0.25, -0.2) is 4.98 Å². The van der Waals surface area contributed by atoms with Crippen molar-refractivity contribution in [2.24, 2.45) is 0 Å². The predicted molar refractivity (Wildman–Crippen MR) is 117 cm³/mol. The first kappa shape index (κ1) is 18.8. The average Bonchev–Trinajstić information content (AvgIpc) is 2.71. The second-order valence-corrected chi connectivity index (χ2v) is 7.82. The molecule has 0 aliphatic heterocycles. The van der Waals surface area contributed by atoms with Crippen molar-refractivity contribution >= 4 is 29.1 Å². The van der Waals surface area contributed by atoms with E-state index in [1.165, 1.54) is 32.1 Å². The lowest BCUT2D eigenvalue weighted by molar-refractivity contribution is 0.461. The number of aromatic nitrogens is 2. The first-order valence-electron chi connectivity index (χ1n) is 9.91. The molecule has 0 atom stereocenters. The van der Waals surface area contributed by atoms with Crippen LogP contribution in [0.3, 0.4) is 0 Å². The van der Waals surface area contributed by atoms with Gasteiger partial charge in [0.2, 0.25) is 5.95 Å². The van der Waals surface area contributed by atoms with Crippen LogP contribution in [-0.4, -0.2) is 16.0 Å². The van der Waals surface area contributed by atoms with Gasteiger partial charge in [0.25, 0.3) is 0 Å². The molecule has 4 nitrogen and oxygen atoms in total. The maximum atomic E-state index is 6.41. The minimum absolute atomic E-state index is 0.440. The summed E-state index contributed by atoms with van der Waals surface area (Å²) in [6.45, 7) is 2.03. The van der Waals surface area contributed by atoms with Crippen LogP contribution in [0, 0.1) is 6.92 Å². The highest BCUT2D eigenvalue weighted by molar-refractivity contribution is 6.33. The summed E-state index contributed by atoms with van der Waals surface area (Å²) in [5, 5.41) is 7.59. The Hall–Kier alpha value is -2.59. The van der Waals surface area contributed by atoms with Gasteiger partial charge in [0.1, 0.15) is 5.82 Å². The number of rotatable bonds is 5. The standard InChI is InChI=1S/C23H25ClN4/c1-16-12-13-20(19(24)14-16)26-22-15-21(17-8-4-2-5-9-17)27-23(28-22)25-18-10-6-3-7-11-18/h2,4-5,8-9,12-15,18H,3,6-7,10-11H2,1H3,(H2,25,26,27,28). The molecule has 144 valence electrons. The Balaban J connectivity index is 1.66. The van der Waals surface area contributed by atoms with Gasteiger partial charge in [0.05, 0.1) is 16.4 Å². The van der Waals surface area contributed by atoms with Gasteiger partial charge in [0, 0.05) is 17.7 Å². The van der Waals surface area contributed by atoms with Crippen LogP contribution < -0.4 is 10.6 Å². The summed E-state index contributed by atoms with van der Waals surface area (Å²) in [5.41, 5.74) is 3.92. The number of hydrogen-bond donors (Lipinski definition) is 2. The number of nitrogens with zero attached hydrogens (tertiary/aromatic N) is 2. The molecule has 3 aromatic rings. The molecule has 0 amide bonds. The summed E-state index contributed by atoms with van der Waals surface area (Å²) in [6, 6.07) is 18.6. The predicted octanol–water partition coefficient (Wildman–Crippen LogP) is 6.59. The number of benzene rings is 2. The molecule has 1 heterocycles. The van der Waals surface area contributed by atoms with E-state index in [1.54, 1.807) is 0 Å². The van der Waals surface area contributed by atoms with Gasteiger partial charge in [0.15, 0.2) is 0 Å². The van der Waals surface area contributed by atoms with E-state index in [0.29, 0.717) is 17.0 Å². The van der Waals surface area contributed by atoms with Gasteiger partial charge in [-0.3, -0.25) is 0 Å². The fraction of sp³-hybridized carbons (Fsp3) is 0.304. The van der Waals surface area contributed by atoms with Crippen molar-refractivity contribution in [1.82, 2.24) is 9.97 Å². The van der Waals surface area contributed by atoms with Gasteiger partial charge in [-0.1, -0.05) is 67.3 Å². The number of hydrogen-bond acceptors (Lipinski definition) is 4. The molecule has 0 saturated heterocycles. The maximum absolute atomic E-state index is 6.41. The van der Waals surface area contributed by atoms with E-state index in [1.807, 2.05) is 49.4 Å². The molecule has 2 aromatic carbocycles. The third-order valence-electron chi connectivity index (χ3n) is 5.12. The zero-order valence-corrected chi connectivity index (χ0v) is 16.8. The molecule has 1 aliphatic carbocycles. The number of nitrogens with one attached hydrogen (secondary N) is 2. The van der Waals surface area contributed by atoms with E-state index in [4.69, 9.17) is 21.6 Å². The van der Waals surface area contributed by atoms with Crippen molar-refractivity contribution < 1.29 is 0 Å². The molecule has 0 radical (unpaired) electrons. The van der Waals surface area contributed by atoms with Crippen LogP contribution in [0.1, 0.15) is 37.7 Å². The molecule has 1 saturated carbocycles. The molecule has 0 spiro atoms. The van der Waals surface area contributed by atoms with E-state index < -0.39 is 0 Å². The lowest BCUT2D eigenvalue weighted by Gasteiger charge is -2.23. The Morgan fingerprint density at radius 3 is 2.46 bits per heavy atom. The summed E-state index contributed by atoms with van der Waals surface area (Å²) < 4.78 is 0. The van der Waals surface area contributed by atoms with Crippen LogP contribution in [0.4, 0.5) is 17.5 Å². The summed E-state index contributed by atoms with van der Waals surface area (Å²) in [7, 11) is 0. The maximum Gasteiger partial charge on any atom is 0.225 e. The molecule has 1 aliphatic rings. The Morgan fingerprint density at radius 2 is 1.71 bits per heavy atom. The molecule has 5 heteroatoms. The monoisotopic (exact) mass is 392 g/mol. The summed E-state index contributed by atoms with van der Waals surface area (Å²) in [5.74, 6) is 1.40. The normalized spacial score (nSPS) is 14.6. The molecule has 28 heavy (non-hydrogen) atoms. The second kappa shape index (κ2) is 8.61. The van der Waals surface area contributed by atoms with E-state index in [2.05, 4.69) is 22.8 Å². The Morgan fingerprint density at radius 1 is 0.929 bits per heavy atom. The average molecular weight is 393 g/mol. The fourth-order valence-electron chi connectivity index (χ4n) is 3.62. The highest BCUT2D eigenvalue weighted by Gasteiger charge is 2.16. The molecular formula is C23H25ClN4. The first-order valence-corrected chi connectivity index (χ1v) is 10.3. The highest BCUT2D eigenvalue weighted by Crippen LogP contribution is 2.29. The lowest BCUT2D eigenvalue weighted by Crippen LogP contribution is -2.23. The van der Waals surface area contributed by atoms with Crippen molar-refractivity contribution in [3.05, 3.63) is 65.2 Å². The van der Waals surface area contributed by atoms with Crippen LogP contribution in [0.5, 0.6) is 0 Å². The molecular weight excluding hydrogens is 368 g/mol. The Bertz CT molecular complexity index is 937. The van der Waals surface area contributed by atoms with Crippen LogP contribution in [0.25, 0.3) is 11.3 Å². The van der Waals surface area contributed by atoms with Crippen molar-refractivity contribution in [3.63, 3.8) is 0 Å². The minimum atomic E-state index is 0.440. The van der Waals surface area contributed by atoms with Crippen LogP contribution in [-0.2, 0) is 0 Å². The van der Waals surface area contributed by atoms with Gasteiger partial charge >= 0.3 is 0 Å². The van der Waals surface area contributed by atoms with Crippen LogP contribution in [0.15, 0.2) is 54.6 Å². The number of anilines is 3. The highest BCUT2D eigenvalue weighted by atomic mass is 35.5. The summed E-state index contributed by atoms with van der Waals surface area (Å²) >= 11 is 6.41. The van der Waals surface area contributed by atoms with Crippen LogP contribution >= 0.6 is 11.6 Å². The van der Waals surface area contributed by atoms with Crippen molar-refractivity contribution in [3.8, 4) is 11.3 Å². The first-order chi connectivity index (χ1) is 13.7. The van der Waals surface area contributed by atoms with E-state index in [-0.39, 0.29) is 0 Å². The second-order valence-electron chi connectivity index (χ2n) is 7.42. The number of halogens is 1. The third kappa shape index (κ3) is 4.63. The lowest BCUT2D eigenvalue weighted by atomic mass is 9.96. The Kier molecular flexibility index (Phi) is 5.77.